The summed E-state index contributed by atoms with van der Waals surface area (Å²) in [6.45, 7) is 0. The summed E-state index contributed by atoms with van der Waals surface area (Å²) in [5.74, 6) is -0.556. The molecule has 0 amide bonds. The van der Waals surface area contributed by atoms with E-state index in [1.807, 2.05) is 60.7 Å². The summed E-state index contributed by atoms with van der Waals surface area (Å²) in [5.41, 5.74) is 3.30. The number of fused-ring (bicyclic) bond motifs is 2. The zero-order valence-electron chi connectivity index (χ0n) is 19.8. The number of carbonyl (C=O) groups excluding carboxylic acids is 3. The highest BCUT2D eigenvalue weighted by molar-refractivity contribution is 6.18. The minimum absolute atomic E-state index is 0.148. The van der Waals surface area contributed by atoms with Crippen LogP contribution in [0.4, 0.5) is 0 Å². The molecule has 0 spiro atoms. The lowest BCUT2D eigenvalue weighted by atomic mass is 10.0. The van der Waals surface area contributed by atoms with Gasteiger partial charge in [0.2, 0.25) is 5.78 Å². The van der Waals surface area contributed by atoms with Gasteiger partial charge < -0.3 is 4.40 Å². The van der Waals surface area contributed by atoms with Gasteiger partial charge in [0.15, 0.2) is 11.6 Å². The van der Waals surface area contributed by atoms with Gasteiger partial charge in [-0.3, -0.25) is 14.4 Å². The zero-order chi connectivity index (χ0) is 25.4. The molecule has 0 fully saturated rings. The molecule has 2 aromatic heterocycles. The van der Waals surface area contributed by atoms with Crippen molar-refractivity contribution in [1.29, 1.82) is 0 Å². The second-order valence-electron chi connectivity index (χ2n) is 8.90. The molecule has 37 heavy (non-hydrogen) atoms. The number of benzene rings is 4. The Bertz CT molecular complexity index is 1820. The van der Waals surface area contributed by atoms with Gasteiger partial charge in [-0.15, -0.1) is 0 Å². The molecule has 0 bridgehead atoms. The number of aromatic nitrogens is 1. The molecule has 0 unspecified atom stereocenters. The molecule has 4 aromatic carbocycles. The number of carbonyl (C=O) groups is 3. The van der Waals surface area contributed by atoms with E-state index in [0.717, 1.165) is 10.8 Å². The molecule has 6 aromatic rings. The van der Waals surface area contributed by atoms with Crippen molar-refractivity contribution in [1.82, 2.24) is 4.40 Å². The first kappa shape index (κ1) is 22.4. The molecule has 0 saturated heterocycles. The average molecular weight is 480 g/mol. The molecule has 0 N–H and O–H groups in total. The summed E-state index contributed by atoms with van der Waals surface area (Å²) < 4.78 is 1.70. The number of nitrogens with zero attached hydrogens (tertiary/aromatic N) is 1. The fourth-order valence-corrected chi connectivity index (χ4v) is 4.68. The van der Waals surface area contributed by atoms with E-state index < -0.39 is 0 Å². The standard InChI is InChI=1S/C33H21NO3/c35-31(23-10-3-1-4-11-23)27-17-18-34-29(20-27)28(32(36)24-12-5-2-6-13-24)21-30(34)33(37)26-16-15-22-9-7-8-14-25(22)19-26/h1-21H. The minimum Gasteiger partial charge on any atom is -0.313 e. The van der Waals surface area contributed by atoms with Crippen LogP contribution in [0.3, 0.4) is 0 Å². The van der Waals surface area contributed by atoms with Gasteiger partial charge in [-0.25, -0.2) is 0 Å². The van der Waals surface area contributed by atoms with Crippen molar-refractivity contribution in [3.63, 3.8) is 0 Å². The van der Waals surface area contributed by atoms with Crippen molar-refractivity contribution in [3.05, 3.63) is 161 Å². The molecule has 0 aliphatic heterocycles. The van der Waals surface area contributed by atoms with E-state index in [2.05, 4.69) is 0 Å². The lowest BCUT2D eigenvalue weighted by Gasteiger charge is -2.07. The molecule has 0 saturated carbocycles. The van der Waals surface area contributed by atoms with Crippen LogP contribution in [0, 0.1) is 0 Å². The van der Waals surface area contributed by atoms with E-state index in [1.165, 1.54) is 0 Å². The first-order valence-corrected chi connectivity index (χ1v) is 12.0. The van der Waals surface area contributed by atoms with E-state index in [1.54, 1.807) is 71.3 Å². The van der Waals surface area contributed by atoms with Crippen molar-refractivity contribution in [2.75, 3.05) is 0 Å². The maximum Gasteiger partial charge on any atom is 0.209 e. The summed E-state index contributed by atoms with van der Waals surface area (Å²) in [6, 6.07) is 36.4. The predicted octanol–water partition coefficient (Wildman–Crippen LogP) is 6.79. The van der Waals surface area contributed by atoms with Gasteiger partial charge in [0.1, 0.15) is 0 Å². The quantitative estimate of drug-likeness (QED) is 0.247. The van der Waals surface area contributed by atoms with Crippen LogP contribution in [0.15, 0.2) is 128 Å². The highest BCUT2D eigenvalue weighted by Crippen LogP contribution is 2.26. The molecule has 0 aliphatic rings. The largest absolute Gasteiger partial charge is 0.313 e. The fraction of sp³-hybridized carbons (Fsp3) is 0. The highest BCUT2D eigenvalue weighted by Gasteiger charge is 2.23. The van der Waals surface area contributed by atoms with E-state index in [9.17, 15) is 14.4 Å². The maximum absolute atomic E-state index is 13.7. The van der Waals surface area contributed by atoms with Crippen LogP contribution in [0.2, 0.25) is 0 Å². The number of rotatable bonds is 6. The van der Waals surface area contributed by atoms with Gasteiger partial charge in [0.25, 0.3) is 0 Å². The van der Waals surface area contributed by atoms with Crippen LogP contribution in [0.25, 0.3) is 16.3 Å². The topological polar surface area (TPSA) is 55.6 Å². The zero-order valence-corrected chi connectivity index (χ0v) is 19.8. The second kappa shape index (κ2) is 9.17. The summed E-state index contributed by atoms with van der Waals surface area (Å²) >= 11 is 0. The van der Waals surface area contributed by atoms with Crippen molar-refractivity contribution >= 4 is 33.6 Å². The summed E-state index contributed by atoms with van der Waals surface area (Å²) in [6.07, 6.45) is 1.70. The Morgan fingerprint density at radius 2 is 1.05 bits per heavy atom. The number of ketones is 3. The van der Waals surface area contributed by atoms with Crippen molar-refractivity contribution in [2.24, 2.45) is 0 Å². The van der Waals surface area contributed by atoms with Crippen LogP contribution in [0.1, 0.15) is 47.9 Å². The second-order valence-corrected chi connectivity index (χ2v) is 8.90. The monoisotopic (exact) mass is 479 g/mol. The molecular weight excluding hydrogens is 458 g/mol. The number of hydrogen-bond donors (Lipinski definition) is 0. The van der Waals surface area contributed by atoms with E-state index >= 15 is 0 Å². The molecule has 0 radical (unpaired) electrons. The third kappa shape index (κ3) is 4.05. The van der Waals surface area contributed by atoms with Crippen LogP contribution >= 0.6 is 0 Å². The molecule has 0 aliphatic carbocycles. The molecule has 4 nitrogen and oxygen atoms in total. The third-order valence-electron chi connectivity index (χ3n) is 6.59. The van der Waals surface area contributed by atoms with Crippen LogP contribution in [0.5, 0.6) is 0 Å². The minimum atomic E-state index is -0.208. The van der Waals surface area contributed by atoms with Gasteiger partial charge in [-0.1, -0.05) is 97.1 Å². The predicted molar refractivity (Wildman–Crippen MR) is 145 cm³/mol. The van der Waals surface area contributed by atoms with E-state index in [0.29, 0.717) is 39.0 Å². The molecule has 176 valence electrons. The first-order valence-electron chi connectivity index (χ1n) is 12.0. The number of hydrogen-bond acceptors (Lipinski definition) is 3. The Kier molecular flexibility index (Phi) is 5.55. The Morgan fingerprint density at radius 1 is 0.459 bits per heavy atom. The van der Waals surface area contributed by atoms with Crippen molar-refractivity contribution in [2.45, 2.75) is 0 Å². The number of pyridine rings is 1. The smallest absolute Gasteiger partial charge is 0.209 e. The molecule has 2 heterocycles. The van der Waals surface area contributed by atoms with Crippen LogP contribution in [-0.4, -0.2) is 21.8 Å². The highest BCUT2D eigenvalue weighted by atomic mass is 16.1. The van der Waals surface area contributed by atoms with Crippen LogP contribution < -0.4 is 0 Å². The lowest BCUT2D eigenvalue weighted by Crippen LogP contribution is -2.07. The summed E-state index contributed by atoms with van der Waals surface area (Å²) in [5, 5.41) is 2.01. The lowest BCUT2D eigenvalue weighted by molar-refractivity contribution is 0.102. The summed E-state index contributed by atoms with van der Waals surface area (Å²) in [7, 11) is 0. The van der Waals surface area contributed by atoms with E-state index in [-0.39, 0.29) is 17.3 Å². The van der Waals surface area contributed by atoms with Gasteiger partial charge >= 0.3 is 0 Å². The SMILES string of the molecule is O=C(c1ccccc1)c1ccn2c(C(=O)c3ccc4ccccc4c3)cc(C(=O)c3ccccc3)c2c1. The average Bonchev–Trinajstić information content (AvgIpc) is 3.35. The Hall–Kier alpha value is -5.09. The normalized spacial score (nSPS) is 11.0. The third-order valence-corrected chi connectivity index (χ3v) is 6.59. The molecular formula is C33H21NO3. The maximum atomic E-state index is 13.7. The van der Waals surface area contributed by atoms with Crippen molar-refractivity contribution in [3.8, 4) is 0 Å². The van der Waals surface area contributed by atoms with E-state index in [4.69, 9.17) is 0 Å². The Labute approximate surface area is 213 Å². The molecule has 6 rings (SSSR count). The summed E-state index contributed by atoms with van der Waals surface area (Å²) in [4.78, 5) is 40.4. The van der Waals surface area contributed by atoms with Gasteiger partial charge in [0.05, 0.1) is 11.2 Å². The van der Waals surface area contributed by atoms with Gasteiger partial charge in [0, 0.05) is 34.0 Å². The first-order chi connectivity index (χ1) is 18.1. The van der Waals surface area contributed by atoms with Gasteiger partial charge in [-0.2, -0.15) is 0 Å². The Balaban J connectivity index is 1.51. The van der Waals surface area contributed by atoms with Gasteiger partial charge in [-0.05, 0) is 35.0 Å². The van der Waals surface area contributed by atoms with Crippen LogP contribution in [-0.2, 0) is 0 Å². The Morgan fingerprint density at radius 3 is 1.76 bits per heavy atom. The fourth-order valence-electron chi connectivity index (χ4n) is 4.68. The molecule has 0 atom stereocenters. The van der Waals surface area contributed by atoms with Crippen molar-refractivity contribution < 1.29 is 14.4 Å². The molecule has 4 heteroatoms.